The lowest BCUT2D eigenvalue weighted by Gasteiger charge is -2.14. The zero-order valence-corrected chi connectivity index (χ0v) is 17.5. The number of carbonyl (C=O) groups excluding carboxylic acids is 2. The molecule has 1 unspecified atom stereocenters. The molecule has 2 amide bonds. The number of carbonyl (C=O) groups is 3. The molecule has 33 heavy (non-hydrogen) atoms. The van der Waals surface area contributed by atoms with E-state index in [1.807, 2.05) is 48.5 Å². The van der Waals surface area contributed by atoms with Crippen LogP contribution in [-0.2, 0) is 9.53 Å². The summed E-state index contributed by atoms with van der Waals surface area (Å²) in [5.74, 6) is -2.19. The first-order valence-electron chi connectivity index (χ1n) is 10.3. The quantitative estimate of drug-likeness (QED) is 0.413. The third-order valence-corrected chi connectivity index (χ3v) is 5.36. The van der Waals surface area contributed by atoms with Gasteiger partial charge in [0.25, 0.3) is 5.91 Å². The molecule has 9 nitrogen and oxygen atoms in total. The van der Waals surface area contributed by atoms with Gasteiger partial charge in [-0.1, -0.05) is 48.5 Å². The number of hydrogen-bond donors (Lipinski definition) is 4. The largest absolute Gasteiger partial charge is 0.481 e. The number of fused-ring (bicyclic) bond motifs is 3. The van der Waals surface area contributed by atoms with E-state index in [4.69, 9.17) is 14.3 Å². The summed E-state index contributed by atoms with van der Waals surface area (Å²) in [6.45, 7) is -0.170. The maximum absolute atomic E-state index is 12.4. The van der Waals surface area contributed by atoms with Gasteiger partial charge in [-0.3, -0.25) is 14.9 Å². The number of anilines is 1. The van der Waals surface area contributed by atoms with E-state index in [0.717, 1.165) is 22.3 Å². The number of carboxylic acid groups (broad SMARTS) is 1. The van der Waals surface area contributed by atoms with E-state index < -0.39 is 30.5 Å². The molecule has 1 atom stereocenters. The number of aliphatic hydroxyl groups is 1. The fourth-order valence-electron chi connectivity index (χ4n) is 3.89. The standard InChI is InChI=1S/C24H22N2O7/c27-14(11-21(28)29)12-25-23(30)22-20(9-10-32-22)26-24(31)33-13-19-17-7-3-1-5-15(17)16-6-2-4-8-18(16)19/h1-10,14,19,27H,11-13H2,(H,25,30)(H,26,31)(H,28,29). The number of aliphatic hydroxyl groups excluding tert-OH is 1. The van der Waals surface area contributed by atoms with Gasteiger partial charge in [0.2, 0.25) is 5.76 Å². The Hall–Kier alpha value is -4.11. The van der Waals surface area contributed by atoms with Gasteiger partial charge in [0, 0.05) is 18.5 Å². The van der Waals surface area contributed by atoms with E-state index in [9.17, 15) is 19.5 Å². The second-order valence-corrected chi connectivity index (χ2v) is 7.58. The number of amides is 2. The summed E-state index contributed by atoms with van der Waals surface area (Å²) in [5.41, 5.74) is 4.48. The van der Waals surface area contributed by atoms with Gasteiger partial charge in [0.05, 0.1) is 24.5 Å². The summed E-state index contributed by atoms with van der Waals surface area (Å²) < 4.78 is 10.6. The summed E-state index contributed by atoms with van der Waals surface area (Å²) in [5, 5.41) is 23.1. The van der Waals surface area contributed by atoms with Gasteiger partial charge in [-0.05, 0) is 22.3 Å². The predicted molar refractivity (Wildman–Crippen MR) is 118 cm³/mol. The molecule has 170 valence electrons. The average Bonchev–Trinajstić information content (AvgIpc) is 3.38. The number of nitrogens with one attached hydrogen (secondary N) is 2. The van der Waals surface area contributed by atoms with E-state index in [0.29, 0.717) is 0 Å². The van der Waals surface area contributed by atoms with Crippen LogP contribution in [0, 0.1) is 0 Å². The highest BCUT2D eigenvalue weighted by Crippen LogP contribution is 2.44. The Balaban J connectivity index is 1.37. The molecule has 0 bridgehead atoms. The predicted octanol–water partition coefficient (Wildman–Crippen LogP) is 3.21. The van der Waals surface area contributed by atoms with Crippen LogP contribution in [0.2, 0.25) is 0 Å². The Morgan fingerprint density at radius 1 is 1.00 bits per heavy atom. The van der Waals surface area contributed by atoms with Crippen LogP contribution < -0.4 is 10.6 Å². The van der Waals surface area contributed by atoms with Gasteiger partial charge in [-0.25, -0.2) is 4.79 Å². The van der Waals surface area contributed by atoms with Crippen LogP contribution in [0.4, 0.5) is 10.5 Å². The molecule has 0 aliphatic heterocycles. The molecule has 1 aliphatic carbocycles. The third-order valence-electron chi connectivity index (χ3n) is 5.36. The maximum atomic E-state index is 12.4. The molecule has 4 rings (SSSR count). The van der Waals surface area contributed by atoms with E-state index >= 15 is 0 Å². The fraction of sp³-hybridized carbons (Fsp3) is 0.208. The molecule has 0 spiro atoms. The van der Waals surface area contributed by atoms with Crippen LogP contribution in [0.25, 0.3) is 11.1 Å². The van der Waals surface area contributed by atoms with E-state index in [1.54, 1.807) is 0 Å². The highest BCUT2D eigenvalue weighted by Gasteiger charge is 2.29. The minimum atomic E-state index is -1.25. The van der Waals surface area contributed by atoms with Gasteiger partial charge in [0.1, 0.15) is 6.61 Å². The smallest absolute Gasteiger partial charge is 0.411 e. The number of ether oxygens (including phenoxy) is 1. The van der Waals surface area contributed by atoms with Crippen molar-refractivity contribution >= 4 is 23.7 Å². The van der Waals surface area contributed by atoms with E-state index in [-0.39, 0.29) is 30.5 Å². The van der Waals surface area contributed by atoms with Crippen LogP contribution in [-0.4, -0.2) is 47.4 Å². The molecule has 0 saturated carbocycles. The summed E-state index contributed by atoms with van der Waals surface area (Å²) in [6.07, 6.45) is -1.29. The summed E-state index contributed by atoms with van der Waals surface area (Å²) >= 11 is 0. The topological polar surface area (TPSA) is 138 Å². The van der Waals surface area contributed by atoms with Crippen molar-refractivity contribution in [3.63, 3.8) is 0 Å². The molecule has 3 aromatic rings. The summed E-state index contributed by atoms with van der Waals surface area (Å²) in [6, 6.07) is 17.3. The monoisotopic (exact) mass is 450 g/mol. The lowest BCUT2D eigenvalue weighted by molar-refractivity contribution is -0.139. The zero-order valence-electron chi connectivity index (χ0n) is 17.5. The molecule has 0 saturated heterocycles. The van der Waals surface area contributed by atoms with Crippen molar-refractivity contribution in [2.45, 2.75) is 18.4 Å². The Labute approximate surface area is 189 Å². The van der Waals surface area contributed by atoms with Crippen molar-refractivity contribution in [1.82, 2.24) is 5.32 Å². The minimum absolute atomic E-state index is 0.0949. The molecule has 2 aromatic carbocycles. The Morgan fingerprint density at radius 2 is 1.64 bits per heavy atom. The first-order chi connectivity index (χ1) is 15.9. The summed E-state index contributed by atoms with van der Waals surface area (Å²) in [4.78, 5) is 35.3. The summed E-state index contributed by atoms with van der Waals surface area (Å²) in [7, 11) is 0. The highest BCUT2D eigenvalue weighted by molar-refractivity contribution is 6.00. The van der Waals surface area contributed by atoms with Gasteiger partial charge in [0.15, 0.2) is 0 Å². The molecule has 9 heteroatoms. The zero-order chi connectivity index (χ0) is 23.4. The van der Waals surface area contributed by atoms with Crippen molar-refractivity contribution in [2.75, 3.05) is 18.5 Å². The number of furan rings is 1. The Morgan fingerprint density at radius 3 is 2.27 bits per heavy atom. The van der Waals surface area contributed by atoms with Crippen molar-refractivity contribution < 1.29 is 33.8 Å². The lowest BCUT2D eigenvalue weighted by atomic mass is 9.98. The number of benzene rings is 2. The van der Waals surface area contributed by atoms with Gasteiger partial charge < -0.3 is 24.7 Å². The normalized spacial score (nSPS) is 13.0. The minimum Gasteiger partial charge on any atom is -0.481 e. The van der Waals surface area contributed by atoms with Crippen molar-refractivity contribution in [3.05, 3.63) is 77.7 Å². The van der Waals surface area contributed by atoms with Crippen molar-refractivity contribution in [1.29, 1.82) is 0 Å². The molecule has 4 N–H and O–H groups in total. The third kappa shape index (κ3) is 4.88. The van der Waals surface area contributed by atoms with Crippen LogP contribution in [0.3, 0.4) is 0 Å². The molecule has 1 aromatic heterocycles. The average molecular weight is 450 g/mol. The Kier molecular flexibility index (Phi) is 6.41. The first kappa shape index (κ1) is 22.1. The second-order valence-electron chi connectivity index (χ2n) is 7.58. The van der Waals surface area contributed by atoms with E-state index in [1.165, 1.54) is 12.3 Å². The van der Waals surface area contributed by atoms with Crippen LogP contribution in [0.5, 0.6) is 0 Å². The number of carboxylic acids is 1. The first-order valence-corrected chi connectivity index (χ1v) is 10.3. The lowest BCUT2D eigenvalue weighted by Crippen LogP contribution is -2.33. The highest BCUT2D eigenvalue weighted by atomic mass is 16.5. The molecule has 1 heterocycles. The van der Waals surface area contributed by atoms with Crippen LogP contribution in [0.15, 0.2) is 65.3 Å². The molecular formula is C24H22N2O7. The number of aliphatic carboxylic acids is 1. The molecular weight excluding hydrogens is 428 g/mol. The molecule has 1 aliphatic rings. The van der Waals surface area contributed by atoms with Crippen molar-refractivity contribution in [3.8, 4) is 11.1 Å². The van der Waals surface area contributed by atoms with Crippen LogP contribution in [0.1, 0.15) is 34.0 Å². The fourth-order valence-corrected chi connectivity index (χ4v) is 3.89. The van der Waals surface area contributed by atoms with Gasteiger partial charge in [-0.2, -0.15) is 0 Å². The SMILES string of the molecule is O=C(O)CC(O)CNC(=O)c1occc1NC(=O)OCC1c2ccccc2-c2ccccc21. The molecule has 0 fully saturated rings. The molecule has 0 radical (unpaired) electrons. The maximum Gasteiger partial charge on any atom is 0.411 e. The van der Waals surface area contributed by atoms with Crippen molar-refractivity contribution in [2.24, 2.45) is 0 Å². The van der Waals surface area contributed by atoms with Gasteiger partial charge >= 0.3 is 12.1 Å². The van der Waals surface area contributed by atoms with Gasteiger partial charge in [-0.15, -0.1) is 0 Å². The van der Waals surface area contributed by atoms with Crippen LogP contribution >= 0.6 is 0 Å². The Bertz CT molecular complexity index is 1140. The second kappa shape index (κ2) is 9.58. The van der Waals surface area contributed by atoms with E-state index in [2.05, 4.69) is 10.6 Å². The number of hydrogen-bond acceptors (Lipinski definition) is 6. The number of rotatable bonds is 8.